The average molecular weight is 355 g/mol. The van der Waals surface area contributed by atoms with Crippen molar-refractivity contribution in [3.63, 3.8) is 0 Å². The van der Waals surface area contributed by atoms with Gasteiger partial charge in [0.1, 0.15) is 5.82 Å². The minimum Gasteiger partial charge on any atom is -0.346 e. The van der Waals surface area contributed by atoms with Crippen LogP contribution in [-0.4, -0.2) is 9.97 Å². The van der Waals surface area contributed by atoms with E-state index in [0.29, 0.717) is 0 Å². The summed E-state index contributed by atoms with van der Waals surface area (Å²) >= 11 is 3.46. The Balaban J connectivity index is 1.61. The highest BCUT2D eigenvalue weighted by molar-refractivity contribution is 9.10. The van der Waals surface area contributed by atoms with E-state index in [4.69, 9.17) is 0 Å². The summed E-state index contributed by atoms with van der Waals surface area (Å²) in [4.78, 5) is 7.95. The van der Waals surface area contributed by atoms with Crippen LogP contribution in [0.25, 0.3) is 0 Å². The molecule has 3 rings (SSSR count). The predicted octanol–water partition coefficient (Wildman–Crippen LogP) is 4.86. The molecular formula is C19H19BrN2. The zero-order valence-electron chi connectivity index (χ0n) is 12.6. The summed E-state index contributed by atoms with van der Waals surface area (Å²) in [5, 5.41) is 0. The largest absolute Gasteiger partial charge is 0.346 e. The van der Waals surface area contributed by atoms with E-state index in [0.717, 1.165) is 29.6 Å². The van der Waals surface area contributed by atoms with E-state index in [1.54, 1.807) is 0 Å². The molecule has 112 valence electrons. The second kappa shape index (κ2) is 6.93. The van der Waals surface area contributed by atoms with Crippen LogP contribution in [-0.2, 0) is 19.3 Å². The molecule has 0 aliphatic rings. The van der Waals surface area contributed by atoms with E-state index in [9.17, 15) is 0 Å². The maximum Gasteiger partial charge on any atom is 0.106 e. The fourth-order valence-corrected chi connectivity index (χ4v) is 2.85. The van der Waals surface area contributed by atoms with Gasteiger partial charge in [-0.15, -0.1) is 0 Å². The van der Waals surface area contributed by atoms with Gasteiger partial charge in [0.25, 0.3) is 0 Å². The first-order chi connectivity index (χ1) is 10.7. The molecule has 0 bridgehead atoms. The SMILES string of the molecule is Cc1ccccc1CCc1ncc(Cc2ccc(Br)cc2)[nH]1. The van der Waals surface area contributed by atoms with Crippen LogP contribution < -0.4 is 0 Å². The number of aryl methyl sites for hydroxylation is 3. The van der Waals surface area contributed by atoms with Crippen LogP contribution in [0.3, 0.4) is 0 Å². The summed E-state index contributed by atoms with van der Waals surface area (Å²) in [6.07, 6.45) is 4.82. The molecule has 22 heavy (non-hydrogen) atoms. The first-order valence-corrected chi connectivity index (χ1v) is 8.32. The Morgan fingerprint density at radius 3 is 2.55 bits per heavy atom. The summed E-state index contributed by atoms with van der Waals surface area (Å²) in [6, 6.07) is 17.0. The highest BCUT2D eigenvalue weighted by Crippen LogP contribution is 2.14. The molecule has 0 aliphatic carbocycles. The molecule has 2 nitrogen and oxygen atoms in total. The lowest BCUT2D eigenvalue weighted by molar-refractivity contribution is 0.872. The van der Waals surface area contributed by atoms with Gasteiger partial charge in [0.05, 0.1) is 0 Å². The van der Waals surface area contributed by atoms with Crippen molar-refractivity contribution in [3.05, 3.63) is 87.4 Å². The lowest BCUT2D eigenvalue weighted by Gasteiger charge is -2.03. The number of imidazole rings is 1. The number of H-pyrrole nitrogens is 1. The van der Waals surface area contributed by atoms with Crippen molar-refractivity contribution in [2.75, 3.05) is 0 Å². The molecule has 0 fully saturated rings. The molecule has 0 saturated carbocycles. The molecule has 3 aromatic rings. The quantitative estimate of drug-likeness (QED) is 0.696. The molecule has 0 atom stereocenters. The molecule has 0 aliphatic heterocycles. The summed E-state index contributed by atoms with van der Waals surface area (Å²) in [5.74, 6) is 1.07. The maximum absolute atomic E-state index is 4.51. The van der Waals surface area contributed by atoms with Crippen molar-refractivity contribution in [2.45, 2.75) is 26.2 Å². The molecular weight excluding hydrogens is 336 g/mol. The highest BCUT2D eigenvalue weighted by Gasteiger charge is 2.04. The zero-order chi connectivity index (χ0) is 15.4. The second-order valence-corrected chi connectivity index (χ2v) is 6.50. The fraction of sp³-hybridized carbons (Fsp3) is 0.211. The predicted molar refractivity (Wildman–Crippen MR) is 94.1 cm³/mol. The Kier molecular flexibility index (Phi) is 4.74. The molecule has 1 heterocycles. The van der Waals surface area contributed by atoms with E-state index in [2.05, 4.69) is 81.4 Å². The monoisotopic (exact) mass is 354 g/mol. The summed E-state index contributed by atoms with van der Waals surface area (Å²) in [5.41, 5.74) is 5.21. The number of halogens is 1. The Morgan fingerprint density at radius 1 is 1.00 bits per heavy atom. The van der Waals surface area contributed by atoms with Crippen molar-refractivity contribution in [1.29, 1.82) is 0 Å². The van der Waals surface area contributed by atoms with Gasteiger partial charge in [-0.3, -0.25) is 0 Å². The van der Waals surface area contributed by atoms with Gasteiger partial charge >= 0.3 is 0 Å². The van der Waals surface area contributed by atoms with Gasteiger partial charge in [-0.2, -0.15) is 0 Å². The molecule has 0 spiro atoms. The average Bonchev–Trinajstić information content (AvgIpc) is 2.96. The number of nitrogens with zero attached hydrogens (tertiary/aromatic N) is 1. The van der Waals surface area contributed by atoms with E-state index in [-0.39, 0.29) is 0 Å². The third kappa shape index (κ3) is 3.86. The van der Waals surface area contributed by atoms with E-state index >= 15 is 0 Å². The fourth-order valence-electron chi connectivity index (χ4n) is 2.59. The Morgan fingerprint density at radius 2 is 1.77 bits per heavy atom. The number of aromatic nitrogens is 2. The topological polar surface area (TPSA) is 28.7 Å². The van der Waals surface area contributed by atoms with Crippen LogP contribution in [0.4, 0.5) is 0 Å². The zero-order valence-corrected chi connectivity index (χ0v) is 14.2. The molecule has 0 saturated heterocycles. The van der Waals surface area contributed by atoms with Gasteiger partial charge in [-0.25, -0.2) is 4.98 Å². The van der Waals surface area contributed by atoms with Gasteiger partial charge in [0, 0.05) is 29.2 Å². The van der Waals surface area contributed by atoms with E-state index in [1.807, 2.05) is 6.20 Å². The summed E-state index contributed by atoms with van der Waals surface area (Å²) in [7, 11) is 0. The Bertz CT molecular complexity index is 744. The van der Waals surface area contributed by atoms with Crippen molar-refractivity contribution >= 4 is 15.9 Å². The van der Waals surface area contributed by atoms with Crippen LogP contribution in [0.15, 0.2) is 59.2 Å². The number of benzene rings is 2. The van der Waals surface area contributed by atoms with Crippen molar-refractivity contribution in [1.82, 2.24) is 9.97 Å². The normalized spacial score (nSPS) is 10.8. The first-order valence-electron chi connectivity index (χ1n) is 7.52. The number of nitrogens with one attached hydrogen (secondary N) is 1. The Labute approximate surface area is 139 Å². The molecule has 1 N–H and O–H groups in total. The number of hydrogen-bond acceptors (Lipinski definition) is 1. The molecule has 2 aromatic carbocycles. The second-order valence-electron chi connectivity index (χ2n) is 5.58. The smallest absolute Gasteiger partial charge is 0.106 e. The number of rotatable bonds is 5. The number of aromatic amines is 1. The van der Waals surface area contributed by atoms with Gasteiger partial charge in [-0.05, 0) is 42.2 Å². The molecule has 0 amide bonds. The van der Waals surface area contributed by atoms with Gasteiger partial charge in [-0.1, -0.05) is 52.3 Å². The van der Waals surface area contributed by atoms with Crippen LogP contribution in [0.1, 0.15) is 28.2 Å². The van der Waals surface area contributed by atoms with Gasteiger partial charge in [0.2, 0.25) is 0 Å². The minimum atomic E-state index is 0.893. The molecule has 1 aromatic heterocycles. The standard InChI is InChI=1S/C19H19BrN2/c1-14-4-2-3-5-16(14)8-11-19-21-13-18(22-19)12-15-6-9-17(20)10-7-15/h2-7,9-10,13H,8,11-12H2,1H3,(H,21,22). The van der Waals surface area contributed by atoms with Crippen molar-refractivity contribution in [2.24, 2.45) is 0 Å². The van der Waals surface area contributed by atoms with E-state index in [1.165, 1.54) is 22.4 Å². The summed E-state index contributed by atoms with van der Waals surface area (Å²) in [6.45, 7) is 2.16. The Hall–Kier alpha value is -1.87. The maximum atomic E-state index is 4.51. The summed E-state index contributed by atoms with van der Waals surface area (Å²) < 4.78 is 1.11. The number of hydrogen-bond donors (Lipinski definition) is 1. The molecule has 3 heteroatoms. The third-order valence-corrected chi connectivity index (χ3v) is 4.41. The highest BCUT2D eigenvalue weighted by atomic mass is 79.9. The lowest BCUT2D eigenvalue weighted by Crippen LogP contribution is -1.96. The minimum absolute atomic E-state index is 0.893. The first kappa shape index (κ1) is 15.0. The van der Waals surface area contributed by atoms with E-state index < -0.39 is 0 Å². The van der Waals surface area contributed by atoms with Crippen molar-refractivity contribution in [3.8, 4) is 0 Å². The molecule has 0 unspecified atom stereocenters. The molecule has 0 radical (unpaired) electrons. The van der Waals surface area contributed by atoms with Crippen molar-refractivity contribution < 1.29 is 0 Å². The van der Waals surface area contributed by atoms with Crippen LogP contribution in [0.5, 0.6) is 0 Å². The lowest BCUT2D eigenvalue weighted by atomic mass is 10.0. The van der Waals surface area contributed by atoms with Gasteiger partial charge < -0.3 is 4.98 Å². The van der Waals surface area contributed by atoms with Crippen LogP contribution >= 0.6 is 15.9 Å². The van der Waals surface area contributed by atoms with Crippen LogP contribution in [0, 0.1) is 6.92 Å². The van der Waals surface area contributed by atoms with Crippen LogP contribution in [0.2, 0.25) is 0 Å². The third-order valence-electron chi connectivity index (χ3n) is 3.88. The van der Waals surface area contributed by atoms with Gasteiger partial charge in [0.15, 0.2) is 0 Å².